The van der Waals surface area contributed by atoms with E-state index in [4.69, 9.17) is 11.6 Å². The average Bonchev–Trinajstić information content (AvgIpc) is 2.06. The molecule has 1 aliphatic rings. The molecule has 1 N–H and O–H groups in total. The predicted octanol–water partition coefficient (Wildman–Crippen LogP) is 1.81. The summed E-state index contributed by atoms with van der Waals surface area (Å²) in [5, 5.41) is 0. The lowest BCUT2D eigenvalue weighted by Crippen LogP contribution is -2.37. The molecule has 1 saturated carbocycles. The Morgan fingerprint density at radius 3 is 2.58 bits per heavy atom. The third-order valence-corrected chi connectivity index (χ3v) is 3.75. The van der Waals surface area contributed by atoms with E-state index >= 15 is 0 Å². The highest BCUT2D eigenvalue weighted by Gasteiger charge is 2.18. The molecule has 0 saturated heterocycles. The molecule has 1 unspecified atom stereocenters. The quantitative estimate of drug-likeness (QED) is 0.566. The molecule has 1 aliphatic carbocycles. The first-order valence-electron chi connectivity index (χ1n) is 4.53. The van der Waals surface area contributed by atoms with Crippen LogP contribution in [0, 0.1) is 0 Å². The van der Waals surface area contributed by atoms with Gasteiger partial charge in [0.05, 0.1) is 11.9 Å². The summed E-state index contributed by atoms with van der Waals surface area (Å²) >= 11 is 4.58. The summed E-state index contributed by atoms with van der Waals surface area (Å²) in [5.74, 6) is 1.05. The Morgan fingerprint density at radius 1 is 1.33 bits per heavy atom. The summed E-state index contributed by atoms with van der Waals surface area (Å²) in [7, 11) is 0. The lowest BCUT2D eigenvalue weighted by Gasteiger charge is -2.23. The van der Waals surface area contributed by atoms with E-state index in [-0.39, 0.29) is 0 Å². The van der Waals surface area contributed by atoms with E-state index in [1.807, 2.05) is 0 Å². The molecule has 1 rings (SSSR count). The van der Waals surface area contributed by atoms with Crippen LogP contribution in [0.25, 0.3) is 0 Å². The highest BCUT2D eigenvalue weighted by atomic mass is 35.5. The van der Waals surface area contributed by atoms with Gasteiger partial charge < -0.3 is 4.55 Å². The topological polar surface area (TPSA) is 35.1 Å². The van der Waals surface area contributed by atoms with Crippen LogP contribution in [0.3, 0.4) is 0 Å². The van der Waals surface area contributed by atoms with Gasteiger partial charge in [-0.05, 0) is 12.8 Å². The second kappa shape index (κ2) is 6.08. The molecule has 0 aliphatic heterocycles. The zero-order chi connectivity index (χ0) is 8.81. The van der Waals surface area contributed by atoms with Gasteiger partial charge in [-0.25, -0.2) is 0 Å². The van der Waals surface area contributed by atoms with Crippen LogP contribution in [0.5, 0.6) is 0 Å². The van der Waals surface area contributed by atoms with Gasteiger partial charge in [0.1, 0.15) is 5.75 Å². The molecule has 0 amide bonds. The van der Waals surface area contributed by atoms with E-state index < -0.39 is 11.4 Å². The molecule has 1 atom stereocenters. The molecule has 0 aromatic heterocycles. The molecule has 1 fully saturated rings. The fourth-order valence-corrected chi connectivity index (χ4v) is 2.82. The minimum Gasteiger partial charge on any atom is -0.598 e. The van der Waals surface area contributed by atoms with Crippen LogP contribution in [-0.2, 0) is 11.4 Å². The Bertz CT molecular complexity index is 120. The molecule has 2 nitrogen and oxygen atoms in total. The Kier molecular flexibility index (Phi) is 5.39. The van der Waals surface area contributed by atoms with E-state index in [2.05, 4.69) is 4.72 Å². The molecule has 72 valence electrons. The molecular weight excluding hydrogens is 194 g/mol. The van der Waals surface area contributed by atoms with Crippen molar-refractivity contribution in [1.29, 1.82) is 0 Å². The van der Waals surface area contributed by atoms with E-state index in [9.17, 15) is 4.55 Å². The maximum absolute atomic E-state index is 11.2. The van der Waals surface area contributed by atoms with Gasteiger partial charge in [-0.3, -0.25) is 0 Å². The molecule has 0 radical (unpaired) electrons. The maximum Gasteiger partial charge on any atom is 0.139 e. The highest BCUT2D eigenvalue weighted by Crippen LogP contribution is 2.17. The molecule has 0 bridgehead atoms. The van der Waals surface area contributed by atoms with Crippen molar-refractivity contribution in [3.8, 4) is 0 Å². The van der Waals surface area contributed by atoms with Crippen molar-refractivity contribution in [3.63, 3.8) is 0 Å². The summed E-state index contributed by atoms with van der Waals surface area (Å²) in [4.78, 5) is 0. The fraction of sp³-hybridized carbons (Fsp3) is 1.00. The molecule has 4 heteroatoms. The van der Waals surface area contributed by atoms with Crippen LogP contribution in [0.4, 0.5) is 0 Å². The average molecular weight is 210 g/mol. The van der Waals surface area contributed by atoms with Gasteiger partial charge in [0.2, 0.25) is 0 Å². The van der Waals surface area contributed by atoms with Crippen LogP contribution >= 0.6 is 11.6 Å². The number of rotatable bonds is 4. The summed E-state index contributed by atoms with van der Waals surface area (Å²) in [6, 6.07) is 0.475. The monoisotopic (exact) mass is 209 g/mol. The lowest BCUT2D eigenvalue weighted by molar-refractivity contribution is 0.412. The zero-order valence-corrected chi connectivity index (χ0v) is 8.79. The van der Waals surface area contributed by atoms with Crippen LogP contribution in [0.15, 0.2) is 0 Å². The summed E-state index contributed by atoms with van der Waals surface area (Å²) in [6.45, 7) is 0. The fourth-order valence-electron chi connectivity index (χ4n) is 1.54. The maximum atomic E-state index is 11.2. The Morgan fingerprint density at radius 2 is 2.00 bits per heavy atom. The van der Waals surface area contributed by atoms with Crippen molar-refractivity contribution < 1.29 is 4.55 Å². The van der Waals surface area contributed by atoms with Crippen LogP contribution in [0.2, 0.25) is 0 Å². The van der Waals surface area contributed by atoms with Crippen molar-refractivity contribution in [2.24, 2.45) is 0 Å². The summed E-state index contributed by atoms with van der Waals surface area (Å²) in [5.41, 5.74) is 0. The number of halogens is 1. The standard InChI is InChI=1S/C8H16ClNOS/c9-6-7-12(11)10-8-4-2-1-3-5-8/h8,10H,1-7H2. The van der Waals surface area contributed by atoms with Crippen molar-refractivity contribution in [2.45, 2.75) is 38.1 Å². The molecule has 0 aromatic rings. The number of hydrogen-bond acceptors (Lipinski definition) is 2. The number of hydrogen-bond donors (Lipinski definition) is 1. The normalized spacial score (nSPS) is 22.5. The van der Waals surface area contributed by atoms with E-state index in [1.54, 1.807) is 0 Å². The molecule has 0 spiro atoms. The van der Waals surface area contributed by atoms with Gasteiger partial charge in [0.15, 0.2) is 0 Å². The van der Waals surface area contributed by atoms with Crippen LogP contribution < -0.4 is 4.72 Å². The first-order chi connectivity index (χ1) is 5.83. The van der Waals surface area contributed by atoms with Crippen molar-refractivity contribution >= 4 is 23.0 Å². The molecule has 12 heavy (non-hydrogen) atoms. The third kappa shape index (κ3) is 3.99. The summed E-state index contributed by atoms with van der Waals surface area (Å²) < 4.78 is 14.3. The van der Waals surface area contributed by atoms with Crippen molar-refractivity contribution in [2.75, 3.05) is 11.6 Å². The second-order valence-corrected chi connectivity index (χ2v) is 4.90. The Labute approximate surface area is 82.4 Å². The van der Waals surface area contributed by atoms with Gasteiger partial charge in [-0.2, -0.15) is 0 Å². The highest BCUT2D eigenvalue weighted by molar-refractivity contribution is 7.89. The predicted molar refractivity (Wildman–Crippen MR) is 53.7 cm³/mol. The van der Waals surface area contributed by atoms with Crippen LogP contribution in [-0.4, -0.2) is 22.2 Å². The lowest BCUT2D eigenvalue weighted by atomic mass is 9.96. The van der Waals surface area contributed by atoms with Gasteiger partial charge in [0.25, 0.3) is 0 Å². The van der Waals surface area contributed by atoms with Crippen molar-refractivity contribution in [1.82, 2.24) is 4.72 Å². The van der Waals surface area contributed by atoms with Gasteiger partial charge >= 0.3 is 0 Å². The smallest absolute Gasteiger partial charge is 0.139 e. The van der Waals surface area contributed by atoms with Crippen molar-refractivity contribution in [3.05, 3.63) is 0 Å². The largest absolute Gasteiger partial charge is 0.598 e. The van der Waals surface area contributed by atoms with Crippen LogP contribution in [0.1, 0.15) is 32.1 Å². The minimum atomic E-state index is -0.900. The molecular formula is C8H16ClNOS. The first-order valence-corrected chi connectivity index (χ1v) is 6.39. The zero-order valence-electron chi connectivity index (χ0n) is 7.22. The third-order valence-electron chi connectivity index (χ3n) is 2.17. The Balaban J connectivity index is 2.11. The van der Waals surface area contributed by atoms with E-state index in [1.165, 1.54) is 32.1 Å². The number of alkyl halides is 1. The van der Waals surface area contributed by atoms with E-state index in [0.29, 0.717) is 17.7 Å². The Hall–Kier alpha value is 0.560. The van der Waals surface area contributed by atoms with Gasteiger partial charge in [-0.15, -0.1) is 16.3 Å². The SMILES string of the molecule is [O-][S+](CCCl)NC1CCCCC1. The molecule has 0 heterocycles. The van der Waals surface area contributed by atoms with Gasteiger partial charge in [0, 0.05) is 11.4 Å². The second-order valence-electron chi connectivity index (χ2n) is 3.19. The molecule has 0 aromatic carbocycles. The first kappa shape index (κ1) is 10.6. The minimum absolute atomic E-state index is 0.475. The van der Waals surface area contributed by atoms with E-state index in [0.717, 1.165) is 0 Å². The number of nitrogens with one attached hydrogen (secondary N) is 1. The van der Waals surface area contributed by atoms with Gasteiger partial charge in [-0.1, -0.05) is 19.3 Å². The summed E-state index contributed by atoms with van der Waals surface area (Å²) in [6.07, 6.45) is 6.23.